The highest BCUT2D eigenvalue weighted by molar-refractivity contribution is 7.98. The second-order valence-corrected chi connectivity index (χ2v) is 7.86. The Labute approximate surface area is 173 Å². The SMILES string of the molecule is Cc1ccc(Cl)cc1-n1ccn2c(SCc3c(F)cccc3Cl)nnc2c1=O. The van der Waals surface area contributed by atoms with Crippen LogP contribution in [0.3, 0.4) is 0 Å². The smallest absolute Gasteiger partial charge is 0.279 e. The summed E-state index contributed by atoms with van der Waals surface area (Å²) in [7, 11) is 0. The number of rotatable bonds is 4. The molecule has 0 fully saturated rings. The lowest BCUT2D eigenvalue weighted by Crippen LogP contribution is -2.21. The maximum atomic E-state index is 14.0. The van der Waals surface area contributed by atoms with Crippen molar-refractivity contribution in [3.05, 3.63) is 86.1 Å². The van der Waals surface area contributed by atoms with Crippen LogP contribution in [-0.2, 0) is 5.75 Å². The zero-order chi connectivity index (χ0) is 19.8. The largest absolute Gasteiger partial charge is 0.300 e. The molecule has 5 nitrogen and oxygen atoms in total. The van der Waals surface area contributed by atoms with E-state index in [2.05, 4.69) is 10.2 Å². The van der Waals surface area contributed by atoms with Crippen LogP contribution in [-0.4, -0.2) is 19.2 Å². The monoisotopic (exact) mass is 434 g/mol. The van der Waals surface area contributed by atoms with Gasteiger partial charge in [0.2, 0.25) is 5.65 Å². The van der Waals surface area contributed by atoms with E-state index >= 15 is 0 Å². The molecule has 0 unspecified atom stereocenters. The Balaban J connectivity index is 1.71. The van der Waals surface area contributed by atoms with Gasteiger partial charge in [-0.05, 0) is 36.8 Å². The standard InChI is InChI=1S/C19H13Cl2FN4OS/c1-11-5-6-12(20)9-16(11)25-7-8-26-17(18(25)27)23-24-19(26)28-10-13-14(21)3-2-4-15(13)22/h2-9H,10H2,1H3. The lowest BCUT2D eigenvalue weighted by Gasteiger charge is -2.10. The van der Waals surface area contributed by atoms with Gasteiger partial charge in [0.15, 0.2) is 5.16 Å². The van der Waals surface area contributed by atoms with Crippen molar-refractivity contribution in [2.24, 2.45) is 0 Å². The minimum Gasteiger partial charge on any atom is -0.279 e. The van der Waals surface area contributed by atoms with Gasteiger partial charge in [-0.1, -0.05) is 47.1 Å². The number of benzene rings is 2. The summed E-state index contributed by atoms with van der Waals surface area (Å²) in [6, 6.07) is 9.88. The van der Waals surface area contributed by atoms with Crippen molar-refractivity contribution in [2.45, 2.75) is 17.8 Å². The van der Waals surface area contributed by atoms with Gasteiger partial charge in [-0.15, -0.1) is 10.2 Å². The zero-order valence-corrected chi connectivity index (χ0v) is 16.9. The number of aryl methyl sites for hydroxylation is 1. The number of hydrogen-bond donors (Lipinski definition) is 0. The summed E-state index contributed by atoms with van der Waals surface area (Å²) < 4.78 is 17.0. The fourth-order valence-corrected chi connectivity index (χ4v) is 4.23. The number of aromatic nitrogens is 4. The van der Waals surface area contributed by atoms with E-state index in [1.54, 1.807) is 41.1 Å². The predicted octanol–water partition coefficient (Wildman–Crippen LogP) is 4.93. The quantitative estimate of drug-likeness (QED) is 0.427. The summed E-state index contributed by atoms with van der Waals surface area (Å²) in [6.07, 6.45) is 3.33. The average Bonchev–Trinajstić information content (AvgIpc) is 3.08. The molecule has 0 radical (unpaired) electrons. The van der Waals surface area contributed by atoms with Crippen LogP contribution >= 0.6 is 35.0 Å². The van der Waals surface area contributed by atoms with Gasteiger partial charge < -0.3 is 0 Å². The van der Waals surface area contributed by atoms with E-state index in [4.69, 9.17) is 23.2 Å². The maximum Gasteiger partial charge on any atom is 0.300 e. The van der Waals surface area contributed by atoms with Gasteiger partial charge in [0.1, 0.15) is 5.82 Å². The molecule has 9 heteroatoms. The highest BCUT2D eigenvalue weighted by Gasteiger charge is 2.15. The van der Waals surface area contributed by atoms with Gasteiger partial charge in [-0.25, -0.2) is 4.39 Å². The van der Waals surface area contributed by atoms with Crippen LogP contribution in [0.1, 0.15) is 11.1 Å². The van der Waals surface area contributed by atoms with Crippen LogP contribution < -0.4 is 5.56 Å². The van der Waals surface area contributed by atoms with E-state index in [1.807, 2.05) is 13.0 Å². The van der Waals surface area contributed by atoms with E-state index in [0.717, 1.165) is 5.56 Å². The number of halogens is 3. The average molecular weight is 435 g/mol. The van der Waals surface area contributed by atoms with Crippen molar-refractivity contribution in [2.75, 3.05) is 0 Å². The zero-order valence-electron chi connectivity index (χ0n) is 14.6. The third-order valence-corrected chi connectivity index (χ3v) is 5.84. The van der Waals surface area contributed by atoms with Gasteiger partial charge in [-0.3, -0.25) is 13.8 Å². The van der Waals surface area contributed by atoms with Gasteiger partial charge in [-0.2, -0.15) is 0 Å². The van der Waals surface area contributed by atoms with Crippen LogP contribution in [0.4, 0.5) is 4.39 Å². The molecule has 0 saturated heterocycles. The molecule has 0 amide bonds. The highest BCUT2D eigenvalue weighted by atomic mass is 35.5. The number of nitrogens with zero attached hydrogens (tertiary/aromatic N) is 4. The third-order valence-electron chi connectivity index (χ3n) is 4.28. The molecule has 0 aliphatic carbocycles. The summed E-state index contributed by atoms with van der Waals surface area (Å²) in [4.78, 5) is 12.9. The van der Waals surface area contributed by atoms with Gasteiger partial charge in [0, 0.05) is 33.8 Å². The topological polar surface area (TPSA) is 52.2 Å². The molecule has 0 aliphatic heterocycles. The van der Waals surface area contributed by atoms with Gasteiger partial charge in [0.05, 0.1) is 5.69 Å². The fraction of sp³-hybridized carbons (Fsp3) is 0.105. The van der Waals surface area contributed by atoms with Crippen molar-refractivity contribution < 1.29 is 4.39 Å². The van der Waals surface area contributed by atoms with Gasteiger partial charge >= 0.3 is 5.56 Å². The van der Waals surface area contributed by atoms with Crippen molar-refractivity contribution in [1.82, 2.24) is 19.2 Å². The molecule has 0 bridgehead atoms. The van der Waals surface area contributed by atoms with Crippen LogP contribution in [0.25, 0.3) is 11.3 Å². The first-order chi connectivity index (χ1) is 13.5. The molecule has 4 aromatic rings. The van der Waals surface area contributed by atoms with E-state index < -0.39 is 0 Å². The van der Waals surface area contributed by atoms with E-state index in [0.29, 0.717) is 26.5 Å². The lowest BCUT2D eigenvalue weighted by molar-refractivity contribution is 0.617. The summed E-state index contributed by atoms with van der Waals surface area (Å²) in [5.41, 5.74) is 1.81. The molecular weight excluding hydrogens is 422 g/mol. The summed E-state index contributed by atoms with van der Waals surface area (Å²) in [6.45, 7) is 1.89. The van der Waals surface area contributed by atoms with Crippen LogP contribution in [0.15, 0.2) is 58.7 Å². The first kappa shape index (κ1) is 19.0. The van der Waals surface area contributed by atoms with E-state index in [1.165, 1.54) is 22.4 Å². The Morgan fingerprint density at radius 3 is 2.75 bits per heavy atom. The molecular formula is C19H13Cl2FN4OS. The molecule has 2 aromatic heterocycles. The predicted molar refractivity (Wildman–Crippen MR) is 109 cm³/mol. The molecule has 0 aliphatic rings. The lowest BCUT2D eigenvalue weighted by atomic mass is 10.2. The van der Waals surface area contributed by atoms with Crippen LogP contribution in [0, 0.1) is 12.7 Å². The second-order valence-electron chi connectivity index (χ2n) is 6.07. The Hall–Kier alpha value is -2.35. The second kappa shape index (κ2) is 7.58. The molecule has 0 atom stereocenters. The van der Waals surface area contributed by atoms with Crippen molar-refractivity contribution >= 4 is 40.6 Å². The van der Waals surface area contributed by atoms with Crippen LogP contribution in [0.2, 0.25) is 10.0 Å². The van der Waals surface area contributed by atoms with Crippen molar-refractivity contribution in [1.29, 1.82) is 0 Å². The maximum absolute atomic E-state index is 14.0. The minimum atomic E-state index is -0.382. The molecule has 0 spiro atoms. The molecule has 0 saturated carbocycles. The summed E-state index contributed by atoms with van der Waals surface area (Å²) in [5.74, 6) is -0.115. The van der Waals surface area contributed by atoms with Crippen molar-refractivity contribution in [3.8, 4) is 5.69 Å². The number of fused-ring (bicyclic) bond motifs is 1. The summed E-state index contributed by atoms with van der Waals surface area (Å²) >= 11 is 13.4. The Morgan fingerprint density at radius 2 is 1.96 bits per heavy atom. The molecule has 28 heavy (non-hydrogen) atoms. The molecule has 0 N–H and O–H groups in total. The first-order valence-electron chi connectivity index (χ1n) is 8.24. The Bertz CT molecular complexity index is 1230. The minimum absolute atomic E-state index is 0.170. The van der Waals surface area contributed by atoms with Crippen molar-refractivity contribution in [3.63, 3.8) is 0 Å². The Kier molecular flexibility index (Phi) is 5.14. The molecule has 142 valence electrons. The normalized spacial score (nSPS) is 11.3. The van der Waals surface area contributed by atoms with Crippen LogP contribution in [0.5, 0.6) is 0 Å². The first-order valence-corrected chi connectivity index (χ1v) is 9.98. The third kappa shape index (κ3) is 3.41. The molecule has 4 rings (SSSR count). The number of thioether (sulfide) groups is 1. The van der Waals surface area contributed by atoms with E-state index in [9.17, 15) is 9.18 Å². The van der Waals surface area contributed by atoms with Gasteiger partial charge in [0.25, 0.3) is 0 Å². The van der Waals surface area contributed by atoms with E-state index in [-0.39, 0.29) is 22.8 Å². The molecule has 2 aromatic carbocycles. The fourth-order valence-electron chi connectivity index (χ4n) is 2.80. The molecule has 2 heterocycles. The Morgan fingerprint density at radius 1 is 1.14 bits per heavy atom. The number of hydrogen-bond acceptors (Lipinski definition) is 4. The highest BCUT2D eigenvalue weighted by Crippen LogP contribution is 2.27. The summed E-state index contributed by atoms with van der Waals surface area (Å²) in [5, 5.41) is 9.44.